The number of rotatable bonds is 3. The second kappa shape index (κ2) is 7.38. The standard InChI is InChI=1S/C14H16ClN3S.ClH/c15-14-2-1-12(19-14)10-18-8-7-17-9-13(18)11-3-5-16-6-4-11;/h1-6,13,17H,7-10H2;1H. The predicted molar refractivity (Wildman–Crippen MR) is 86.8 cm³/mol. The summed E-state index contributed by atoms with van der Waals surface area (Å²) in [6, 6.07) is 8.72. The minimum Gasteiger partial charge on any atom is -0.314 e. The van der Waals surface area contributed by atoms with E-state index in [0.29, 0.717) is 6.04 Å². The van der Waals surface area contributed by atoms with Crippen LogP contribution in [0.25, 0.3) is 0 Å². The molecule has 3 rings (SSSR count). The molecule has 0 saturated carbocycles. The second-order valence-electron chi connectivity index (χ2n) is 4.68. The number of halogens is 2. The Bertz CT molecular complexity index is 532. The highest BCUT2D eigenvalue weighted by molar-refractivity contribution is 7.16. The Labute approximate surface area is 134 Å². The van der Waals surface area contributed by atoms with Crippen molar-refractivity contribution in [1.29, 1.82) is 0 Å². The highest BCUT2D eigenvalue weighted by atomic mass is 35.5. The zero-order chi connectivity index (χ0) is 13.1. The molecule has 0 radical (unpaired) electrons. The maximum absolute atomic E-state index is 6.01. The monoisotopic (exact) mass is 329 g/mol. The molecule has 20 heavy (non-hydrogen) atoms. The van der Waals surface area contributed by atoms with Gasteiger partial charge in [0.15, 0.2) is 0 Å². The SMILES string of the molecule is Cl.Clc1ccc(CN2CCNCC2c2ccncc2)s1. The summed E-state index contributed by atoms with van der Waals surface area (Å²) in [5.74, 6) is 0. The van der Waals surface area contributed by atoms with Crippen molar-refractivity contribution >= 4 is 35.3 Å². The number of nitrogens with zero attached hydrogens (tertiary/aromatic N) is 2. The molecule has 0 amide bonds. The lowest BCUT2D eigenvalue weighted by atomic mass is 10.0. The Morgan fingerprint density at radius 2 is 2.10 bits per heavy atom. The molecular weight excluding hydrogens is 313 g/mol. The molecule has 0 aromatic carbocycles. The fourth-order valence-corrected chi connectivity index (χ4v) is 3.60. The molecule has 1 atom stereocenters. The first-order chi connectivity index (χ1) is 9.33. The lowest BCUT2D eigenvalue weighted by Crippen LogP contribution is -2.45. The summed E-state index contributed by atoms with van der Waals surface area (Å²) in [6.07, 6.45) is 3.73. The molecule has 6 heteroatoms. The molecule has 2 aromatic heterocycles. The summed E-state index contributed by atoms with van der Waals surface area (Å²) in [6.45, 7) is 4.05. The van der Waals surface area contributed by atoms with Gasteiger partial charge < -0.3 is 5.32 Å². The first kappa shape index (κ1) is 15.7. The number of pyridine rings is 1. The van der Waals surface area contributed by atoms with Crippen molar-refractivity contribution in [3.05, 3.63) is 51.4 Å². The third-order valence-corrected chi connectivity index (χ3v) is 4.65. The van der Waals surface area contributed by atoms with E-state index in [1.807, 2.05) is 18.5 Å². The van der Waals surface area contributed by atoms with Gasteiger partial charge in [-0.05, 0) is 29.8 Å². The Balaban J connectivity index is 0.00000147. The molecule has 1 saturated heterocycles. The molecule has 0 spiro atoms. The number of hydrogen-bond acceptors (Lipinski definition) is 4. The molecule has 0 bridgehead atoms. The highest BCUT2D eigenvalue weighted by Crippen LogP contribution is 2.27. The van der Waals surface area contributed by atoms with Crippen molar-refractivity contribution in [3.8, 4) is 0 Å². The predicted octanol–water partition coefficient (Wildman–Crippen LogP) is 3.36. The van der Waals surface area contributed by atoms with Crippen molar-refractivity contribution in [2.75, 3.05) is 19.6 Å². The average Bonchev–Trinajstić information content (AvgIpc) is 2.86. The van der Waals surface area contributed by atoms with Crippen LogP contribution in [0.4, 0.5) is 0 Å². The quantitative estimate of drug-likeness (QED) is 0.935. The normalized spacial score (nSPS) is 19.6. The molecule has 3 nitrogen and oxygen atoms in total. The number of piperazine rings is 1. The summed E-state index contributed by atoms with van der Waals surface area (Å²) in [5.41, 5.74) is 1.32. The van der Waals surface area contributed by atoms with Crippen LogP contribution in [0.15, 0.2) is 36.7 Å². The van der Waals surface area contributed by atoms with Gasteiger partial charge in [0.1, 0.15) is 0 Å². The van der Waals surface area contributed by atoms with Crippen molar-refractivity contribution in [1.82, 2.24) is 15.2 Å². The second-order valence-corrected chi connectivity index (χ2v) is 6.48. The third kappa shape index (κ3) is 3.71. The van der Waals surface area contributed by atoms with E-state index >= 15 is 0 Å². The van der Waals surface area contributed by atoms with Crippen LogP contribution in [0.5, 0.6) is 0 Å². The first-order valence-corrected chi connectivity index (χ1v) is 7.61. The van der Waals surface area contributed by atoms with Crippen LogP contribution < -0.4 is 5.32 Å². The van der Waals surface area contributed by atoms with Gasteiger partial charge >= 0.3 is 0 Å². The van der Waals surface area contributed by atoms with Crippen LogP contribution in [0.2, 0.25) is 4.34 Å². The number of nitrogens with one attached hydrogen (secondary N) is 1. The van der Waals surface area contributed by atoms with Gasteiger partial charge in [-0.2, -0.15) is 0 Å². The summed E-state index contributed by atoms with van der Waals surface area (Å²) in [5, 5.41) is 3.47. The van der Waals surface area contributed by atoms with Crippen LogP contribution in [-0.2, 0) is 6.54 Å². The Morgan fingerprint density at radius 3 is 2.80 bits per heavy atom. The van der Waals surface area contributed by atoms with Crippen molar-refractivity contribution in [2.24, 2.45) is 0 Å². The fourth-order valence-electron chi connectivity index (χ4n) is 2.49. The van der Waals surface area contributed by atoms with Gasteiger partial charge in [0, 0.05) is 49.5 Å². The number of hydrogen-bond donors (Lipinski definition) is 1. The fraction of sp³-hybridized carbons (Fsp3) is 0.357. The van der Waals surface area contributed by atoms with Crippen molar-refractivity contribution in [3.63, 3.8) is 0 Å². The van der Waals surface area contributed by atoms with Crippen LogP contribution in [-0.4, -0.2) is 29.5 Å². The van der Waals surface area contributed by atoms with E-state index in [4.69, 9.17) is 11.6 Å². The van der Waals surface area contributed by atoms with Crippen molar-refractivity contribution < 1.29 is 0 Å². The number of aromatic nitrogens is 1. The molecule has 2 aromatic rings. The summed E-state index contributed by atoms with van der Waals surface area (Å²) >= 11 is 7.68. The van der Waals surface area contributed by atoms with E-state index in [0.717, 1.165) is 30.5 Å². The average molecular weight is 330 g/mol. The molecule has 1 N–H and O–H groups in total. The van der Waals surface area contributed by atoms with Gasteiger partial charge in [0.05, 0.1) is 4.34 Å². The lowest BCUT2D eigenvalue weighted by Gasteiger charge is -2.36. The molecule has 3 heterocycles. The van der Waals surface area contributed by atoms with E-state index < -0.39 is 0 Å². The molecule has 1 aliphatic heterocycles. The highest BCUT2D eigenvalue weighted by Gasteiger charge is 2.23. The Kier molecular flexibility index (Phi) is 5.81. The van der Waals surface area contributed by atoms with Crippen LogP contribution >= 0.6 is 35.3 Å². The molecule has 0 aliphatic carbocycles. The minimum absolute atomic E-state index is 0. The van der Waals surface area contributed by atoms with Gasteiger partial charge in [-0.25, -0.2) is 0 Å². The summed E-state index contributed by atoms with van der Waals surface area (Å²) in [7, 11) is 0. The molecule has 1 aliphatic rings. The van der Waals surface area contributed by atoms with E-state index in [2.05, 4.69) is 33.4 Å². The largest absolute Gasteiger partial charge is 0.314 e. The van der Waals surface area contributed by atoms with Crippen molar-refractivity contribution in [2.45, 2.75) is 12.6 Å². The van der Waals surface area contributed by atoms with Crippen LogP contribution in [0, 0.1) is 0 Å². The van der Waals surface area contributed by atoms with Gasteiger partial charge in [0.2, 0.25) is 0 Å². The molecular formula is C14H17Cl2N3S. The van der Waals surface area contributed by atoms with Crippen LogP contribution in [0.3, 0.4) is 0 Å². The van der Waals surface area contributed by atoms with Gasteiger partial charge in [-0.1, -0.05) is 11.6 Å². The minimum atomic E-state index is 0. The maximum Gasteiger partial charge on any atom is 0.0931 e. The van der Waals surface area contributed by atoms with E-state index in [1.165, 1.54) is 10.4 Å². The van der Waals surface area contributed by atoms with E-state index in [-0.39, 0.29) is 12.4 Å². The molecule has 108 valence electrons. The number of thiophene rings is 1. The first-order valence-electron chi connectivity index (χ1n) is 6.42. The van der Waals surface area contributed by atoms with E-state index in [9.17, 15) is 0 Å². The lowest BCUT2D eigenvalue weighted by molar-refractivity contribution is 0.155. The summed E-state index contributed by atoms with van der Waals surface area (Å²) < 4.78 is 0.866. The topological polar surface area (TPSA) is 28.2 Å². The van der Waals surface area contributed by atoms with E-state index in [1.54, 1.807) is 11.3 Å². The van der Waals surface area contributed by atoms with Gasteiger partial charge in [0.25, 0.3) is 0 Å². The zero-order valence-electron chi connectivity index (χ0n) is 11.0. The Morgan fingerprint density at radius 1 is 1.30 bits per heavy atom. The summed E-state index contributed by atoms with van der Waals surface area (Å²) in [4.78, 5) is 7.93. The van der Waals surface area contributed by atoms with Gasteiger partial charge in [-0.3, -0.25) is 9.88 Å². The molecule has 1 unspecified atom stereocenters. The Hall–Kier alpha value is -0.650. The smallest absolute Gasteiger partial charge is 0.0931 e. The maximum atomic E-state index is 6.01. The zero-order valence-corrected chi connectivity index (χ0v) is 13.3. The third-order valence-electron chi connectivity index (χ3n) is 3.43. The van der Waals surface area contributed by atoms with Crippen LogP contribution in [0.1, 0.15) is 16.5 Å². The van der Waals surface area contributed by atoms with Gasteiger partial charge in [-0.15, -0.1) is 23.7 Å². The molecule has 1 fully saturated rings.